The fourth-order valence-electron chi connectivity index (χ4n) is 3.58. The Bertz CT molecular complexity index is 1660. The lowest BCUT2D eigenvalue weighted by molar-refractivity contribution is 0.0733. The Morgan fingerprint density at radius 3 is 2.03 bits per heavy atom. The number of hydrogen-bond donors (Lipinski definition) is 1. The van der Waals surface area contributed by atoms with Gasteiger partial charge in [-0.15, -0.1) is 0 Å². The minimum absolute atomic E-state index is 0.00135. The number of fused-ring (bicyclic) bond motifs is 2. The van der Waals surface area contributed by atoms with Gasteiger partial charge in [0.2, 0.25) is 5.43 Å². The predicted octanol–water partition coefficient (Wildman–Crippen LogP) is 5.74. The fraction of sp³-hybridized carbons (Fsp3) is 0. The smallest absolute Gasteiger partial charge is 0.343 e. The van der Waals surface area contributed by atoms with Gasteiger partial charge in [-0.25, -0.2) is 9.59 Å². The first-order valence-electron chi connectivity index (χ1n) is 10.4. The average molecular weight is 487 g/mol. The van der Waals surface area contributed by atoms with Crippen molar-refractivity contribution in [2.75, 3.05) is 0 Å². The summed E-state index contributed by atoms with van der Waals surface area (Å²) in [6.45, 7) is 0. The highest BCUT2D eigenvalue weighted by Crippen LogP contribution is 2.35. The van der Waals surface area contributed by atoms with E-state index < -0.39 is 17.4 Å². The van der Waals surface area contributed by atoms with Gasteiger partial charge in [-0.1, -0.05) is 48.0 Å². The molecule has 0 bridgehead atoms. The van der Waals surface area contributed by atoms with E-state index >= 15 is 0 Å². The lowest BCUT2D eigenvalue weighted by Crippen LogP contribution is -2.12. The molecule has 5 rings (SSSR count). The number of benzene rings is 4. The van der Waals surface area contributed by atoms with Crippen LogP contribution in [0.25, 0.3) is 21.9 Å². The van der Waals surface area contributed by atoms with E-state index in [2.05, 4.69) is 0 Å². The summed E-state index contributed by atoms with van der Waals surface area (Å²) in [6, 6.07) is 21.6. The Morgan fingerprint density at radius 1 is 0.800 bits per heavy atom. The molecule has 0 spiro atoms. The maximum absolute atomic E-state index is 13.3. The molecule has 172 valence electrons. The van der Waals surface area contributed by atoms with E-state index in [0.29, 0.717) is 0 Å². The molecule has 1 aromatic heterocycles. The topological polar surface area (TPSA) is 103 Å². The van der Waals surface area contributed by atoms with Gasteiger partial charge in [-0.05, 0) is 36.4 Å². The zero-order valence-corrected chi connectivity index (χ0v) is 18.6. The molecule has 7 nitrogen and oxygen atoms in total. The van der Waals surface area contributed by atoms with E-state index in [1.807, 2.05) is 0 Å². The van der Waals surface area contributed by atoms with E-state index in [0.717, 1.165) is 0 Å². The molecule has 0 atom stereocenters. The van der Waals surface area contributed by atoms with Gasteiger partial charge >= 0.3 is 11.9 Å². The fourth-order valence-corrected chi connectivity index (χ4v) is 3.78. The third kappa shape index (κ3) is 4.32. The predicted molar refractivity (Wildman–Crippen MR) is 129 cm³/mol. The molecule has 0 unspecified atom stereocenters. The number of hydrogen-bond acceptors (Lipinski definition) is 7. The van der Waals surface area contributed by atoms with Crippen LogP contribution in [0.2, 0.25) is 5.02 Å². The second-order valence-corrected chi connectivity index (χ2v) is 7.97. The SMILES string of the molecule is O=C(Oc1cc(OC(=O)c2ccccc2)c2oc3cc(Cl)cc(O)c3c(=O)c2c1)c1ccccc1. The van der Waals surface area contributed by atoms with Gasteiger partial charge in [0.25, 0.3) is 0 Å². The standard InChI is InChI=1S/C27H15ClO7/c28-17-11-20(29)23-21(12-17)34-25-19(24(23)30)13-18(33-26(31)15-7-3-1-4-8-15)14-22(25)35-27(32)16-9-5-2-6-10-16/h1-14,29H. The number of esters is 2. The summed E-state index contributed by atoms with van der Waals surface area (Å²) in [5, 5.41) is 10.3. The zero-order valence-electron chi connectivity index (χ0n) is 17.9. The minimum atomic E-state index is -0.713. The van der Waals surface area contributed by atoms with Gasteiger partial charge in [0, 0.05) is 17.2 Å². The lowest BCUT2D eigenvalue weighted by Gasteiger charge is -2.12. The first kappa shape index (κ1) is 22.2. The molecule has 0 saturated heterocycles. The van der Waals surface area contributed by atoms with Crippen LogP contribution in [0.1, 0.15) is 20.7 Å². The lowest BCUT2D eigenvalue weighted by atomic mass is 10.1. The Labute approximate surface area is 202 Å². The van der Waals surface area contributed by atoms with E-state index in [-0.39, 0.29) is 55.3 Å². The molecule has 5 aromatic rings. The second kappa shape index (κ2) is 8.96. The van der Waals surface area contributed by atoms with E-state index in [9.17, 15) is 19.5 Å². The Balaban J connectivity index is 1.69. The van der Waals surface area contributed by atoms with Crippen LogP contribution in [0.15, 0.2) is 94.1 Å². The molecule has 8 heteroatoms. The summed E-state index contributed by atoms with van der Waals surface area (Å²) in [6.07, 6.45) is 0. The molecule has 4 aromatic carbocycles. The van der Waals surface area contributed by atoms with Crippen LogP contribution in [0.3, 0.4) is 0 Å². The number of phenols is 1. The number of phenolic OH excluding ortho intramolecular Hbond substituents is 1. The Kier molecular flexibility index (Phi) is 5.68. The molecule has 0 saturated carbocycles. The maximum Gasteiger partial charge on any atom is 0.343 e. The molecule has 0 radical (unpaired) electrons. The quantitative estimate of drug-likeness (QED) is 0.196. The van der Waals surface area contributed by atoms with Crippen molar-refractivity contribution in [1.29, 1.82) is 0 Å². The van der Waals surface area contributed by atoms with Crippen molar-refractivity contribution >= 4 is 45.5 Å². The van der Waals surface area contributed by atoms with Crippen molar-refractivity contribution in [2.45, 2.75) is 0 Å². The van der Waals surface area contributed by atoms with Crippen molar-refractivity contribution in [3.63, 3.8) is 0 Å². The number of ether oxygens (including phenoxy) is 2. The molecule has 0 aliphatic carbocycles. The van der Waals surface area contributed by atoms with Gasteiger partial charge < -0.3 is 19.0 Å². The van der Waals surface area contributed by atoms with Gasteiger partial charge in [0.05, 0.1) is 16.5 Å². The Hall–Kier alpha value is -4.62. The third-order valence-electron chi connectivity index (χ3n) is 5.19. The molecular weight excluding hydrogens is 472 g/mol. The molecule has 1 N–H and O–H groups in total. The van der Waals surface area contributed by atoms with Gasteiger partial charge in [-0.2, -0.15) is 0 Å². The van der Waals surface area contributed by atoms with Crippen molar-refractivity contribution < 1.29 is 28.6 Å². The number of rotatable bonds is 4. The van der Waals surface area contributed by atoms with Gasteiger partial charge in [0.1, 0.15) is 22.5 Å². The van der Waals surface area contributed by atoms with Gasteiger partial charge in [-0.3, -0.25) is 4.79 Å². The normalized spacial score (nSPS) is 10.9. The molecular formula is C27H15ClO7. The summed E-state index contributed by atoms with van der Waals surface area (Å²) in [5.74, 6) is -1.97. The van der Waals surface area contributed by atoms with E-state index in [4.69, 9.17) is 25.5 Å². The van der Waals surface area contributed by atoms with Crippen molar-refractivity contribution in [3.8, 4) is 17.2 Å². The van der Waals surface area contributed by atoms with Crippen LogP contribution in [0, 0.1) is 0 Å². The number of carbonyl (C=O) groups excluding carboxylic acids is 2. The van der Waals surface area contributed by atoms with Crippen molar-refractivity contribution in [3.05, 3.63) is 111 Å². The van der Waals surface area contributed by atoms with Crippen LogP contribution in [0.5, 0.6) is 17.2 Å². The summed E-state index contributed by atoms with van der Waals surface area (Å²) in [4.78, 5) is 38.7. The first-order valence-corrected chi connectivity index (χ1v) is 10.8. The van der Waals surface area contributed by atoms with Crippen LogP contribution in [-0.2, 0) is 0 Å². The number of halogens is 1. The highest BCUT2D eigenvalue weighted by atomic mass is 35.5. The van der Waals surface area contributed by atoms with Crippen LogP contribution in [0.4, 0.5) is 0 Å². The zero-order chi connectivity index (χ0) is 24.5. The summed E-state index contributed by atoms with van der Waals surface area (Å²) < 4.78 is 16.8. The summed E-state index contributed by atoms with van der Waals surface area (Å²) >= 11 is 6.01. The van der Waals surface area contributed by atoms with Crippen LogP contribution >= 0.6 is 11.6 Å². The summed E-state index contributed by atoms with van der Waals surface area (Å²) in [5.41, 5.74) is -0.152. The monoisotopic (exact) mass is 486 g/mol. The van der Waals surface area contributed by atoms with Crippen LogP contribution in [-0.4, -0.2) is 17.0 Å². The van der Waals surface area contributed by atoms with Gasteiger partial charge in [0.15, 0.2) is 11.3 Å². The maximum atomic E-state index is 13.3. The average Bonchev–Trinajstić information content (AvgIpc) is 2.85. The van der Waals surface area contributed by atoms with Crippen molar-refractivity contribution in [2.24, 2.45) is 0 Å². The highest BCUT2D eigenvalue weighted by Gasteiger charge is 2.21. The highest BCUT2D eigenvalue weighted by molar-refractivity contribution is 6.31. The molecule has 35 heavy (non-hydrogen) atoms. The first-order chi connectivity index (χ1) is 16.9. The van der Waals surface area contributed by atoms with E-state index in [1.165, 1.54) is 24.3 Å². The molecule has 0 amide bonds. The van der Waals surface area contributed by atoms with E-state index in [1.54, 1.807) is 60.7 Å². The largest absolute Gasteiger partial charge is 0.507 e. The molecule has 0 aliphatic heterocycles. The molecule has 1 heterocycles. The molecule has 0 aliphatic rings. The molecule has 0 fully saturated rings. The second-order valence-electron chi connectivity index (χ2n) is 7.54. The summed E-state index contributed by atoms with van der Waals surface area (Å²) in [7, 11) is 0. The number of carbonyl (C=O) groups is 2. The minimum Gasteiger partial charge on any atom is -0.507 e. The number of aromatic hydroxyl groups is 1. The van der Waals surface area contributed by atoms with Crippen LogP contribution < -0.4 is 14.9 Å². The third-order valence-corrected chi connectivity index (χ3v) is 5.41. The Morgan fingerprint density at radius 2 is 1.40 bits per heavy atom. The van der Waals surface area contributed by atoms with Crippen molar-refractivity contribution in [1.82, 2.24) is 0 Å².